The summed E-state index contributed by atoms with van der Waals surface area (Å²) in [5, 5.41) is 3.37. The lowest BCUT2D eigenvalue weighted by molar-refractivity contribution is -0.407. The molecule has 1 atom stereocenters. The molecule has 0 spiro atoms. The maximum absolute atomic E-state index is 12.6. The van der Waals surface area contributed by atoms with Crippen LogP contribution in [0.15, 0.2) is 28.2 Å². The minimum Gasteiger partial charge on any atom is -0.325 e. The van der Waals surface area contributed by atoms with E-state index >= 15 is 0 Å². The van der Waals surface area contributed by atoms with Crippen molar-refractivity contribution in [3.63, 3.8) is 0 Å². The second-order valence-electron chi connectivity index (χ2n) is 6.72. The van der Waals surface area contributed by atoms with Gasteiger partial charge in [-0.05, 0) is 31.0 Å². The molecule has 146 valence electrons. The first-order chi connectivity index (χ1) is 13.2. The van der Waals surface area contributed by atoms with Gasteiger partial charge in [0.1, 0.15) is 5.04 Å². The second kappa shape index (κ2) is 7.67. The summed E-state index contributed by atoms with van der Waals surface area (Å²) >= 11 is 1.18. The molecule has 0 saturated heterocycles. The van der Waals surface area contributed by atoms with E-state index in [1.165, 1.54) is 23.4 Å². The number of amides is 4. The van der Waals surface area contributed by atoms with E-state index in [0.29, 0.717) is 16.7 Å². The molecule has 0 aromatic heterocycles. The molecule has 0 saturated carbocycles. The smallest absolute Gasteiger partial charge is 0.325 e. The number of aryl methyl sites for hydroxylation is 1. The molecule has 0 bridgehead atoms. The Morgan fingerprint density at radius 1 is 1.25 bits per heavy atom. The van der Waals surface area contributed by atoms with Crippen LogP contribution in [-0.2, 0) is 9.59 Å². The summed E-state index contributed by atoms with van der Waals surface area (Å²) < 4.78 is 1.35. The predicted molar refractivity (Wildman–Crippen MR) is 110 cm³/mol. The Morgan fingerprint density at radius 3 is 2.68 bits per heavy atom. The number of urea groups is 1. The molecule has 1 unspecified atom stereocenters. The van der Waals surface area contributed by atoms with Gasteiger partial charge in [-0.15, -0.1) is 0 Å². The number of carbonyl (C=O) groups is 3. The van der Waals surface area contributed by atoms with Crippen LogP contribution in [0, 0.1) is 19.8 Å². The van der Waals surface area contributed by atoms with Gasteiger partial charge in [0.05, 0.1) is 19.8 Å². The molecule has 4 amide bonds. The van der Waals surface area contributed by atoms with Crippen LogP contribution in [0.2, 0.25) is 0 Å². The van der Waals surface area contributed by atoms with Crippen molar-refractivity contribution in [3.8, 4) is 0 Å². The van der Waals surface area contributed by atoms with Crippen LogP contribution in [-0.4, -0.2) is 63.9 Å². The van der Waals surface area contributed by atoms with Gasteiger partial charge < -0.3 is 5.32 Å². The number of nitrogens with one attached hydrogen (secondary N) is 1. The zero-order valence-electron chi connectivity index (χ0n) is 16.4. The third-order valence-corrected chi connectivity index (χ3v) is 5.81. The molecule has 1 aromatic rings. The fourth-order valence-electron chi connectivity index (χ4n) is 3.01. The summed E-state index contributed by atoms with van der Waals surface area (Å²) in [6.45, 7) is 5.63. The molecule has 0 aliphatic carbocycles. The highest BCUT2D eigenvalue weighted by Gasteiger charge is 2.48. The third-order valence-electron chi connectivity index (χ3n) is 4.78. The number of nitrogens with zero attached hydrogens (tertiary/aromatic N) is 4. The van der Waals surface area contributed by atoms with Gasteiger partial charge in [0.25, 0.3) is 5.84 Å². The number of amidine groups is 2. The average Bonchev–Trinajstić information content (AvgIpc) is 2.66. The summed E-state index contributed by atoms with van der Waals surface area (Å²) in [4.78, 5) is 46.9. The first-order valence-electron chi connectivity index (χ1n) is 8.75. The van der Waals surface area contributed by atoms with E-state index in [0.717, 1.165) is 21.7 Å². The Kier molecular flexibility index (Phi) is 5.46. The number of benzene rings is 1. The number of hydrogen-bond acceptors (Lipinski definition) is 6. The van der Waals surface area contributed by atoms with Gasteiger partial charge in [-0.3, -0.25) is 9.59 Å². The van der Waals surface area contributed by atoms with Crippen LogP contribution in [0.5, 0.6) is 0 Å². The molecule has 2 aliphatic heterocycles. The highest BCUT2D eigenvalue weighted by Crippen LogP contribution is 2.25. The zero-order chi connectivity index (χ0) is 20.6. The first-order valence-corrected chi connectivity index (χ1v) is 9.74. The van der Waals surface area contributed by atoms with Gasteiger partial charge in [0, 0.05) is 12.6 Å². The SMILES string of the molecule is CC1=NC2=[N+](C)C(=O)N(C)C(=O)C2C(SCC(=O)Nc2cccc(C)c2C)=N1. The number of aliphatic imine (C=N–C) groups is 2. The summed E-state index contributed by atoms with van der Waals surface area (Å²) in [6, 6.07) is 5.29. The summed E-state index contributed by atoms with van der Waals surface area (Å²) in [7, 11) is 3.00. The topological polar surface area (TPSA) is 94.2 Å². The van der Waals surface area contributed by atoms with Gasteiger partial charge in [-0.2, -0.15) is 9.48 Å². The van der Waals surface area contributed by atoms with Crippen molar-refractivity contribution in [3.05, 3.63) is 29.3 Å². The molecule has 1 N–H and O–H groups in total. The van der Waals surface area contributed by atoms with Crippen molar-refractivity contribution >= 4 is 52.0 Å². The van der Waals surface area contributed by atoms with Crippen LogP contribution in [0.3, 0.4) is 0 Å². The largest absolute Gasteiger partial charge is 0.445 e. The van der Waals surface area contributed by atoms with Crippen LogP contribution in [0.4, 0.5) is 10.5 Å². The Labute approximate surface area is 167 Å². The predicted octanol–water partition coefficient (Wildman–Crippen LogP) is 2.05. The lowest BCUT2D eigenvalue weighted by atomic mass is 10.1. The quantitative estimate of drug-likeness (QED) is 0.786. The number of anilines is 1. The number of carbonyl (C=O) groups excluding carboxylic acids is 3. The van der Waals surface area contributed by atoms with Crippen LogP contribution in [0.25, 0.3) is 0 Å². The van der Waals surface area contributed by atoms with E-state index in [1.54, 1.807) is 14.0 Å². The zero-order valence-corrected chi connectivity index (χ0v) is 17.3. The molecule has 0 fully saturated rings. The highest BCUT2D eigenvalue weighted by atomic mass is 32.2. The Morgan fingerprint density at radius 2 is 1.96 bits per heavy atom. The maximum Gasteiger partial charge on any atom is 0.445 e. The molecule has 9 heteroatoms. The molecule has 2 heterocycles. The van der Waals surface area contributed by atoms with E-state index in [-0.39, 0.29) is 11.7 Å². The number of rotatable bonds is 3. The van der Waals surface area contributed by atoms with Crippen molar-refractivity contribution in [2.45, 2.75) is 20.8 Å². The van der Waals surface area contributed by atoms with Gasteiger partial charge in [-0.1, -0.05) is 28.9 Å². The summed E-state index contributed by atoms with van der Waals surface area (Å²) in [5.74, 6) is -0.467. The monoisotopic (exact) mass is 400 g/mol. The van der Waals surface area contributed by atoms with Gasteiger partial charge in [-0.25, -0.2) is 9.79 Å². The standard InChI is InChI=1S/C19H21N5O3S/c1-10-7-6-8-13(11(10)2)22-14(25)9-28-17-15-16(20-12(3)21-17)23(4)19(27)24(5)18(15)26/h6-8,15H,9H2,1-5H3/p+1. The van der Waals surface area contributed by atoms with Crippen LogP contribution < -0.4 is 5.32 Å². The minimum absolute atomic E-state index is 0.0952. The Hall–Kier alpha value is -2.81. The van der Waals surface area contributed by atoms with Crippen molar-refractivity contribution in [2.24, 2.45) is 15.9 Å². The molecular weight excluding hydrogens is 378 g/mol. The van der Waals surface area contributed by atoms with Crippen LogP contribution >= 0.6 is 11.8 Å². The fourth-order valence-corrected chi connectivity index (χ4v) is 3.93. The number of imide groups is 1. The third kappa shape index (κ3) is 3.62. The van der Waals surface area contributed by atoms with Crippen molar-refractivity contribution < 1.29 is 19.0 Å². The summed E-state index contributed by atoms with van der Waals surface area (Å²) in [6.07, 6.45) is 0. The summed E-state index contributed by atoms with van der Waals surface area (Å²) in [5.41, 5.74) is 2.87. The van der Waals surface area contributed by atoms with Gasteiger partial charge in [0.15, 0.2) is 5.92 Å². The van der Waals surface area contributed by atoms with E-state index < -0.39 is 17.9 Å². The molecule has 8 nitrogen and oxygen atoms in total. The average molecular weight is 400 g/mol. The van der Waals surface area contributed by atoms with E-state index in [9.17, 15) is 14.4 Å². The minimum atomic E-state index is -0.769. The molecular formula is C19H22N5O3S+. The first kappa shape index (κ1) is 19.9. The van der Waals surface area contributed by atoms with E-state index in [2.05, 4.69) is 15.3 Å². The molecule has 0 radical (unpaired) electrons. The Bertz CT molecular complexity index is 980. The van der Waals surface area contributed by atoms with E-state index in [1.807, 2.05) is 32.0 Å². The van der Waals surface area contributed by atoms with Gasteiger partial charge in [0.2, 0.25) is 11.7 Å². The van der Waals surface area contributed by atoms with Crippen molar-refractivity contribution in [1.29, 1.82) is 0 Å². The Balaban J connectivity index is 1.77. The van der Waals surface area contributed by atoms with Crippen molar-refractivity contribution in [1.82, 2.24) is 4.90 Å². The molecule has 3 rings (SSSR count). The lowest BCUT2D eigenvalue weighted by Crippen LogP contribution is -2.54. The van der Waals surface area contributed by atoms with Crippen molar-refractivity contribution in [2.75, 3.05) is 25.2 Å². The maximum atomic E-state index is 12.6. The number of thioether (sulfide) groups is 1. The van der Waals surface area contributed by atoms with E-state index in [4.69, 9.17) is 0 Å². The number of fused-ring (bicyclic) bond motifs is 1. The fraction of sp³-hybridized carbons (Fsp3) is 0.368. The molecule has 28 heavy (non-hydrogen) atoms. The van der Waals surface area contributed by atoms with Gasteiger partial charge >= 0.3 is 11.9 Å². The normalized spacial score (nSPS) is 19.3. The highest BCUT2D eigenvalue weighted by molar-refractivity contribution is 8.14. The second-order valence-corrected chi connectivity index (χ2v) is 7.72. The lowest BCUT2D eigenvalue weighted by Gasteiger charge is -2.26. The van der Waals surface area contributed by atoms with Crippen LogP contribution in [0.1, 0.15) is 18.1 Å². The molecule has 2 aliphatic rings. The number of hydrogen-bond donors (Lipinski definition) is 1. The molecule has 1 aromatic carbocycles.